The van der Waals surface area contributed by atoms with E-state index in [4.69, 9.17) is 10.2 Å². The van der Waals surface area contributed by atoms with Crippen molar-refractivity contribution in [2.45, 2.75) is 52.5 Å². The van der Waals surface area contributed by atoms with Crippen LogP contribution in [-0.2, 0) is 9.59 Å². The number of carbonyl (C=O) groups is 2. The van der Waals surface area contributed by atoms with Crippen LogP contribution in [0.15, 0.2) is 0 Å². The minimum absolute atomic E-state index is 0.119. The molecular formula is C14H25NO4. The summed E-state index contributed by atoms with van der Waals surface area (Å²) in [5, 5.41) is 20.1. The molecule has 0 aromatic rings. The maximum atomic E-state index is 11.9. The summed E-state index contributed by atoms with van der Waals surface area (Å²) in [6.07, 6.45) is 3.59. The molecule has 0 radical (unpaired) electrons. The van der Waals surface area contributed by atoms with E-state index >= 15 is 0 Å². The van der Waals surface area contributed by atoms with Crippen molar-refractivity contribution in [2.24, 2.45) is 17.3 Å². The van der Waals surface area contributed by atoms with Crippen molar-refractivity contribution in [3.05, 3.63) is 0 Å². The summed E-state index contributed by atoms with van der Waals surface area (Å²) in [5.74, 6) is -0.940. The molecule has 1 aliphatic carbocycles. The molecule has 110 valence electrons. The van der Waals surface area contributed by atoms with Gasteiger partial charge in [0.05, 0.1) is 6.61 Å². The summed E-state index contributed by atoms with van der Waals surface area (Å²) >= 11 is 0. The first-order valence-corrected chi connectivity index (χ1v) is 6.89. The number of hydrogen-bond acceptors (Lipinski definition) is 3. The van der Waals surface area contributed by atoms with Gasteiger partial charge in [-0.3, -0.25) is 4.79 Å². The highest BCUT2D eigenvalue weighted by atomic mass is 16.4. The van der Waals surface area contributed by atoms with Gasteiger partial charge in [0.15, 0.2) is 0 Å². The number of carboxylic acids is 1. The normalized spacial score (nSPS) is 25.7. The molecule has 1 rings (SSSR count). The van der Waals surface area contributed by atoms with Crippen LogP contribution in [-0.4, -0.2) is 34.7 Å². The van der Waals surface area contributed by atoms with Crippen LogP contribution in [0.25, 0.3) is 0 Å². The Hall–Kier alpha value is -1.10. The van der Waals surface area contributed by atoms with Crippen molar-refractivity contribution in [2.75, 3.05) is 6.61 Å². The zero-order chi connectivity index (χ0) is 14.6. The van der Waals surface area contributed by atoms with Crippen LogP contribution < -0.4 is 5.32 Å². The van der Waals surface area contributed by atoms with Crippen LogP contribution in [0.2, 0.25) is 0 Å². The van der Waals surface area contributed by atoms with E-state index in [9.17, 15) is 9.59 Å². The van der Waals surface area contributed by atoms with Crippen LogP contribution in [0, 0.1) is 17.3 Å². The monoisotopic (exact) mass is 271 g/mol. The molecule has 1 aliphatic rings. The second-order valence-electron chi connectivity index (χ2n) is 6.50. The van der Waals surface area contributed by atoms with Gasteiger partial charge in [-0.2, -0.15) is 0 Å². The Balaban J connectivity index is 2.47. The molecule has 0 saturated heterocycles. The molecule has 0 aromatic heterocycles. The predicted octanol–water partition coefficient (Wildman–Crippen LogP) is 1.40. The highest BCUT2D eigenvalue weighted by molar-refractivity contribution is 5.85. The van der Waals surface area contributed by atoms with Crippen molar-refractivity contribution >= 4 is 11.9 Å². The molecule has 0 aliphatic heterocycles. The lowest BCUT2D eigenvalue weighted by Gasteiger charge is -2.36. The smallest absolute Gasteiger partial charge is 0.328 e. The second-order valence-corrected chi connectivity index (χ2v) is 6.50. The van der Waals surface area contributed by atoms with Crippen molar-refractivity contribution in [3.8, 4) is 0 Å². The number of rotatable bonds is 4. The largest absolute Gasteiger partial charge is 0.480 e. The van der Waals surface area contributed by atoms with Gasteiger partial charge in [-0.15, -0.1) is 0 Å². The lowest BCUT2D eigenvalue weighted by atomic mass is 9.69. The minimum Gasteiger partial charge on any atom is -0.480 e. The number of hydrogen-bond donors (Lipinski definition) is 3. The lowest BCUT2D eigenvalue weighted by Crippen LogP contribution is -2.46. The van der Waals surface area contributed by atoms with E-state index < -0.39 is 18.6 Å². The Labute approximate surface area is 114 Å². The Bertz CT molecular complexity index is 327. The first-order valence-electron chi connectivity index (χ1n) is 6.89. The fraction of sp³-hybridized carbons (Fsp3) is 0.857. The van der Waals surface area contributed by atoms with Crippen LogP contribution in [0.5, 0.6) is 0 Å². The van der Waals surface area contributed by atoms with E-state index in [0.29, 0.717) is 5.92 Å². The standard InChI is InChI=1S/C14H25NO4/c1-14(2,3)10-6-4-9(5-7-10)12(17)15-11(8-16)13(18)19/h9-11,16H,4-8H2,1-3H3,(H,15,17)(H,18,19). The molecule has 1 unspecified atom stereocenters. The minimum atomic E-state index is -1.20. The molecule has 5 heteroatoms. The quantitative estimate of drug-likeness (QED) is 0.721. The highest BCUT2D eigenvalue weighted by Crippen LogP contribution is 2.39. The number of aliphatic hydroxyl groups is 1. The molecule has 0 aromatic carbocycles. The lowest BCUT2D eigenvalue weighted by molar-refractivity contribution is -0.143. The van der Waals surface area contributed by atoms with Crippen LogP contribution in [0.4, 0.5) is 0 Å². The van der Waals surface area contributed by atoms with Gasteiger partial charge in [-0.25, -0.2) is 4.79 Å². The predicted molar refractivity (Wildman–Crippen MR) is 71.6 cm³/mol. The maximum absolute atomic E-state index is 11.9. The molecule has 1 amide bonds. The average Bonchev–Trinajstić information content (AvgIpc) is 2.34. The van der Waals surface area contributed by atoms with E-state index in [2.05, 4.69) is 26.1 Å². The van der Waals surface area contributed by atoms with Gasteiger partial charge in [-0.1, -0.05) is 20.8 Å². The Morgan fingerprint density at radius 1 is 1.21 bits per heavy atom. The van der Waals surface area contributed by atoms with Gasteiger partial charge in [0.1, 0.15) is 6.04 Å². The molecule has 1 fully saturated rings. The third kappa shape index (κ3) is 4.49. The number of aliphatic hydroxyl groups excluding tert-OH is 1. The van der Waals surface area contributed by atoms with E-state index in [1.165, 1.54) is 0 Å². The average molecular weight is 271 g/mol. The summed E-state index contributed by atoms with van der Waals surface area (Å²) in [5.41, 5.74) is 0.260. The van der Waals surface area contributed by atoms with Crippen LogP contribution in [0.3, 0.4) is 0 Å². The maximum Gasteiger partial charge on any atom is 0.328 e. The fourth-order valence-corrected chi connectivity index (χ4v) is 2.70. The molecule has 1 saturated carbocycles. The number of aliphatic carboxylic acids is 1. The molecule has 3 N–H and O–H groups in total. The van der Waals surface area contributed by atoms with Gasteiger partial charge in [0.25, 0.3) is 0 Å². The van der Waals surface area contributed by atoms with Gasteiger partial charge in [0.2, 0.25) is 5.91 Å². The van der Waals surface area contributed by atoms with Gasteiger partial charge >= 0.3 is 5.97 Å². The molecule has 0 heterocycles. The third-order valence-electron chi connectivity index (χ3n) is 4.12. The second kappa shape index (κ2) is 6.37. The van der Waals surface area contributed by atoms with E-state index in [0.717, 1.165) is 25.7 Å². The highest BCUT2D eigenvalue weighted by Gasteiger charge is 2.33. The van der Waals surface area contributed by atoms with Crippen LogP contribution >= 0.6 is 0 Å². The number of nitrogens with one attached hydrogen (secondary N) is 1. The van der Waals surface area contributed by atoms with Crippen LogP contribution in [0.1, 0.15) is 46.5 Å². The molecule has 1 atom stereocenters. The summed E-state index contributed by atoms with van der Waals surface area (Å²) in [7, 11) is 0. The fourth-order valence-electron chi connectivity index (χ4n) is 2.70. The summed E-state index contributed by atoms with van der Waals surface area (Å²) in [6, 6.07) is -1.19. The Morgan fingerprint density at radius 2 is 1.74 bits per heavy atom. The van der Waals surface area contributed by atoms with Crippen molar-refractivity contribution in [1.82, 2.24) is 5.32 Å². The van der Waals surface area contributed by atoms with Crippen molar-refractivity contribution < 1.29 is 19.8 Å². The van der Waals surface area contributed by atoms with Crippen molar-refractivity contribution in [1.29, 1.82) is 0 Å². The summed E-state index contributed by atoms with van der Waals surface area (Å²) in [6.45, 7) is 6.07. The number of carboxylic acid groups (broad SMARTS) is 1. The summed E-state index contributed by atoms with van der Waals surface area (Å²) < 4.78 is 0. The van der Waals surface area contributed by atoms with E-state index in [-0.39, 0.29) is 17.2 Å². The zero-order valence-corrected chi connectivity index (χ0v) is 12.0. The first-order chi connectivity index (χ1) is 8.75. The number of amides is 1. The zero-order valence-electron chi connectivity index (χ0n) is 12.0. The van der Waals surface area contributed by atoms with Gasteiger partial charge < -0.3 is 15.5 Å². The van der Waals surface area contributed by atoms with Gasteiger partial charge in [0, 0.05) is 5.92 Å². The Morgan fingerprint density at radius 3 is 2.11 bits per heavy atom. The Kier molecular flexibility index (Phi) is 5.35. The molecule has 0 bridgehead atoms. The third-order valence-corrected chi connectivity index (χ3v) is 4.12. The molecule has 19 heavy (non-hydrogen) atoms. The van der Waals surface area contributed by atoms with E-state index in [1.807, 2.05) is 0 Å². The van der Waals surface area contributed by atoms with E-state index in [1.54, 1.807) is 0 Å². The summed E-state index contributed by atoms with van der Waals surface area (Å²) in [4.78, 5) is 22.7. The van der Waals surface area contributed by atoms with Gasteiger partial charge in [-0.05, 0) is 37.0 Å². The number of carbonyl (C=O) groups excluding carboxylic acids is 1. The topological polar surface area (TPSA) is 86.6 Å². The molecular weight excluding hydrogens is 246 g/mol. The SMILES string of the molecule is CC(C)(C)C1CCC(C(=O)NC(CO)C(=O)O)CC1. The molecule has 5 nitrogen and oxygen atoms in total. The molecule has 0 spiro atoms. The first kappa shape index (κ1) is 16.0. The van der Waals surface area contributed by atoms with Crippen molar-refractivity contribution in [3.63, 3.8) is 0 Å².